The fourth-order valence-corrected chi connectivity index (χ4v) is 3.05. The number of nitrogens with one attached hydrogen (secondary N) is 1. The van der Waals surface area contributed by atoms with Gasteiger partial charge in [-0.2, -0.15) is 11.3 Å². The zero-order valence-electron chi connectivity index (χ0n) is 7.52. The topological polar surface area (TPSA) is 66.4 Å². The number of thiophene rings is 2. The van der Waals surface area contributed by atoms with Gasteiger partial charge in [0.1, 0.15) is 6.54 Å². The zero-order valence-corrected chi connectivity index (χ0v) is 9.15. The van der Waals surface area contributed by atoms with E-state index in [2.05, 4.69) is 5.32 Å². The fraction of sp³-hybridized carbons (Fsp3) is 0.111. The number of amides is 1. The Morgan fingerprint density at radius 3 is 2.87 bits per heavy atom. The standard InChI is InChI=1S/C9H7NO3S2/c11-8(12)2-10-9(13)6-1-5-3-14-4-7(5)15-6/h1,3-4H,2H2,(H,10,13)(H,11,12). The first-order chi connectivity index (χ1) is 7.16. The Morgan fingerprint density at radius 2 is 2.20 bits per heavy atom. The van der Waals surface area contributed by atoms with Gasteiger partial charge in [-0.1, -0.05) is 0 Å². The maximum Gasteiger partial charge on any atom is 0.322 e. The van der Waals surface area contributed by atoms with Crippen LogP contribution in [-0.2, 0) is 4.79 Å². The predicted octanol–water partition coefficient (Wildman–Crippen LogP) is 1.78. The first-order valence-corrected chi connectivity index (χ1v) is 5.88. The Labute approximate surface area is 93.2 Å². The van der Waals surface area contributed by atoms with Gasteiger partial charge in [-0.05, 0) is 11.4 Å². The highest BCUT2D eigenvalue weighted by Gasteiger charge is 2.11. The van der Waals surface area contributed by atoms with E-state index in [4.69, 9.17) is 5.11 Å². The van der Waals surface area contributed by atoms with Crippen LogP contribution in [0.4, 0.5) is 0 Å². The second-order valence-corrected chi connectivity index (χ2v) is 4.71. The van der Waals surface area contributed by atoms with Crippen molar-refractivity contribution in [3.05, 3.63) is 21.7 Å². The van der Waals surface area contributed by atoms with Crippen molar-refractivity contribution in [2.75, 3.05) is 6.54 Å². The van der Waals surface area contributed by atoms with Gasteiger partial charge in [-0.25, -0.2) is 0 Å². The van der Waals surface area contributed by atoms with Crippen LogP contribution in [0.5, 0.6) is 0 Å². The van der Waals surface area contributed by atoms with Crippen molar-refractivity contribution in [3.8, 4) is 0 Å². The second kappa shape index (κ2) is 4.00. The van der Waals surface area contributed by atoms with Crippen LogP contribution >= 0.6 is 22.7 Å². The molecule has 0 atom stereocenters. The molecule has 6 heteroatoms. The van der Waals surface area contributed by atoms with E-state index in [-0.39, 0.29) is 12.5 Å². The van der Waals surface area contributed by atoms with Crippen molar-refractivity contribution in [2.24, 2.45) is 0 Å². The molecule has 0 aromatic carbocycles. The molecule has 2 aromatic heterocycles. The molecule has 0 aliphatic heterocycles. The maximum atomic E-state index is 11.5. The fourth-order valence-electron chi connectivity index (χ4n) is 1.13. The number of fused-ring (bicyclic) bond motifs is 1. The summed E-state index contributed by atoms with van der Waals surface area (Å²) in [6, 6.07) is 1.77. The lowest BCUT2D eigenvalue weighted by atomic mass is 10.3. The molecular weight excluding hydrogens is 234 g/mol. The van der Waals surface area contributed by atoms with Crippen molar-refractivity contribution in [3.63, 3.8) is 0 Å². The molecule has 78 valence electrons. The van der Waals surface area contributed by atoms with Crippen LogP contribution in [0.3, 0.4) is 0 Å². The van der Waals surface area contributed by atoms with Gasteiger partial charge in [-0.15, -0.1) is 11.3 Å². The molecule has 0 bridgehead atoms. The SMILES string of the molecule is O=C(O)CNC(=O)c1cc2cscc2s1. The molecule has 2 heterocycles. The zero-order chi connectivity index (χ0) is 10.8. The summed E-state index contributed by atoms with van der Waals surface area (Å²) in [4.78, 5) is 22.3. The minimum absolute atomic E-state index is 0.330. The van der Waals surface area contributed by atoms with Crippen LogP contribution in [0.25, 0.3) is 10.1 Å². The molecule has 15 heavy (non-hydrogen) atoms. The van der Waals surface area contributed by atoms with Crippen molar-refractivity contribution < 1.29 is 14.7 Å². The number of aliphatic carboxylic acids is 1. The van der Waals surface area contributed by atoms with Crippen LogP contribution in [-0.4, -0.2) is 23.5 Å². The van der Waals surface area contributed by atoms with Crippen LogP contribution in [0.2, 0.25) is 0 Å². The third-order valence-corrected chi connectivity index (χ3v) is 3.79. The molecule has 0 saturated heterocycles. The average molecular weight is 241 g/mol. The lowest BCUT2D eigenvalue weighted by Crippen LogP contribution is -2.28. The van der Waals surface area contributed by atoms with Crippen LogP contribution in [0.1, 0.15) is 9.67 Å². The molecule has 0 fully saturated rings. The highest BCUT2D eigenvalue weighted by molar-refractivity contribution is 7.24. The molecule has 2 N–H and O–H groups in total. The van der Waals surface area contributed by atoms with Crippen molar-refractivity contribution in [1.29, 1.82) is 0 Å². The molecule has 1 amide bonds. The van der Waals surface area contributed by atoms with Gasteiger partial charge in [0.15, 0.2) is 0 Å². The number of carbonyl (C=O) groups excluding carboxylic acids is 1. The Morgan fingerprint density at radius 1 is 1.40 bits per heavy atom. The second-order valence-electron chi connectivity index (χ2n) is 2.88. The highest BCUT2D eigenvalue weighted by Crippen LogP contribution is 2.28. The van der Waals surface area contributed by atoms with Gasteiger partial charge in [-0.3, -0.25) is 9.59 Å². The van der Waals surface area contributed by atoms with Gasteiger partial charge >= 0.3 is 5.97 Å². The summed E-state index contributed by atoms with van der Waals surface area (Å²) in [5, 5.41) is 15.7. The molecular formula is C9H7NO3S2. The first-order valence-electron chi connectivity index (χ1n) is 4.12. The Hall–Kier alpha value is -1.40. The minimum atomic E-state index is -1.04. The summed E-state index contributed by atoms with van der Waals surface area (Å²) in [7, 11) is 0. The minimum Gasteiger partial charge on any atom is -0.480 e. The summed E-state index contributed by atoms with van der Waals surface area (Å²) < 4.78 is 1.06. The van der Waals surface area contributed by atoms with Gasteiger partial charge in [0.2, 0.25) is 0 Å². The Kier molecular flexibility index (Phi) is 2.70. The van der Waals surface area contributed by atoms with E-state index >= 15 is 0 Å². The van der Waals surface area contributed by atoms with E-state index < -0.39 is 5.97 Å². The summed E-state index contributed by atoms with van der Waals surface area (Å²) in [5.41, 5.74) is 0. The monoisotopic (exact) mass is 241 g/mol. The normalized spacial score (nSPS) is 10.4. The molecule has 0 spiro atoms. The highest BCUT2D eigenvalue weighted by atomic mass is 32.1. The molecule has 0 aliphatic rings. The number of hydrogen-bond acceptors (Lipinski definition) is 4. The average Bonchev–Trinajstić information content (AvgIpc) is 2.72. The van der Waals surface area contributed by atoms with Gasteiger partial charge < -0.3 is 10.4 Å². The number of hydrogen-bond donors (Lipinski definition) is 2. The lowest BCUT2D eigenvalue weighted by Gasteiger charge is -1.97. The van der Waals surface area contributed by atoms with Crippen molar-refractivity contribution in [1.82, 2.24) is 5.32 Å². The molecule has 2 rings (SSSR count). The van der Waals surface area contributed by atoms with E-state index in [1.807, 2.05) is 10.8 Å². The van der Waals surface area contributed by atoms with Crippen LogP contribution in [0.15, 0.2) is 16.8 Å². The number of carboxylic acid groups (broad SMARTS) is 1. The Bertz CT molecular complexity index is 486. The largest absolute Gasteiger partial charge is 0.480 e. The lowest BCUT2D eigenvalue weighted by molar-refractivity contribution is -0.135. The molecule has 0 unspecified atom stereocenters. The van der Waals surface area contributed by atoms with Gasteiger partial charge in [0.05, 0.1) is 4.88 Å². The predicted molar refractivity (Wildman–Crippen MR) is 59.7 cm³/mol. The van der Waals surface area contributed by atoms with Crippen molar-refractivity contribution >= 4 is 44.6 Å². The molecule has 0 aliphatic carbocycles. The number of carboxylic acids is 1. The van der Waals surface area contributed by atoms with E-state index in [1.54, 1.807) is 17.4 Å². The number of rotatable bonds is 3. The third kappa shape index (κ3) is 2.16. The van der Waals surface area contributed by atoms with Gasteiger partial charge in [0.25, 0.3) is 5.91 Å². The van der Waals surface area contributed by atoms with E-state index in [0.29, 0.717) is 4.88 Å². The third-order valence-electron chi connectivity index (χ3n) is 1.79. The summed E-state index contributed by atoms with van der Waals surface area (Å²) >= 11 is 2.95. The van der Waals surface area contributed by atoms with Gasteiger partial charge in [0, 0.05) is 15.5 Å². The van der Waals surface area contributed by atoms with E-state index in [1.165, 1.54) is 11.3 Å². The van der Waals surface area contributed by atoms with Crippen LogP contribution < -0.4 is 5.32 Å². The Balaban J connectivity index is 2.13. The maximum absolute atomic E-state index is 11.5. The van der Waals surface area contributed by atoms with E-state index in [9.17, 15) is 9.59 Å². The van der Waals surface area contributed by atoms with Crippen LogP contribution in [0, 0.1) is 0 Å². The summed E-state index contributed by atoms with van der Waals surface area (Å²) in [5.74, 6) is -1.37. The first kappa shape index (κ1) is 10.1. The number of carbonyl (C=O) groups is 2. The molecule has 0 saturated carbocycles. The quantitative estimate of drug-likeness (QED) is 0.860. The smallest absolute Gasteiger partial charge is 0.322 e. The molecule has 0 radical (unpaired) electrons. The summed E-state index contributed by atoms with van der Waals surface area (Å²) in [6.07, 6.45) is 0. The summed E-state index contributed by atoms with van der Waals surface area (Å²) in [6.45, 7) is -0.344. The molecule has 2 aromatic rings. The van der Waals surface area contributed by atoms with Crippen molar-refractivity contribution in [2.45, 2.75) is 0 Å². The van der Waals surface area contributed by atoms with E-state index in [0.717, 1.165) is 10.1 Å². The molecule has 4 nitrogen and oxygen atoms in total.